The minimum atomic E-state index is -0.611. The Hall–Kier alpha value is -2.31. The third-order valence-electron chi connectivity index (χ3n) is 4.32. The molecule has 1 aliphatic heterocycles. The van der Waals surface area contributed by atoms with Gasteiger partial charge in [-0.2, -0.15) is 0 Å². The van der Waals surface area contributed by atoms with Crippen LogP contribution < -0.4 is 0 Å². The van der Waals surface area contributed by atoms with Gasteiger partial charge in [0.15, 0.2) is 0 Å². The topological polar surface area (TPSA) is 66.6 Å². The molecule has 0 spiro atoms. The molecule has 0 fully saturated rings. The number of nitrogens with zero attached hydrogens (tertiary/aromatic N) is 2. The Morgan fingerprint density at radius 2 is 2.09 bits per heavy atom. The van der Waals surface area contributed by atoms with Gasteiger partial charge >= 0.3 is 0 Å². The summed E-state index contributed by atoms with van der Waals surface area (Å²) in [5.41, 5.74) is 2.40. The summed E-state index contributed by atoms with van der Waals surface area (Å²) in [6, 6.07) is 11.4. The number of hydrogen-bond donors (Lipinski definition) is 1. The van der Waals surface area contributed by atoms with Gasteiger partial charge < -0.3 is 5.11 Å². The minimum absolute atomic E-state index is 0.0500. The van der Waals surface area contributed by atoms with Crippen LogP contribution in [0.5, 0.6) is 0 Å². The zero-order chi connectivity index (χ0) is 16.4. The van der Waals surface area contributed by atoms with Gasteiger partial charge in [0.25, 0.3) is 5.69 Å². The second kappa shape index (κ2) is 6.44. The Morgan fingerprint density at radius 3 is 2.78 bits per heavy atom. The van der Waals surface area contributed by atoms with Crippen LogP contribution in [0, 0.1) is 15.9 Å². The van der Waals surface area contributed by atoms with Gasteiger partial charge in [-0.1, -0.05) is 24.3 Å². The van der Waals surface area contributed by atoms with E-state index in [-0.39, 0.29) is 18.3 Å². The number of halogens is 1. The van der Waals surface area contributed by atoms with Crippen molar-refractivity contribution >= 4 is 5.69 Å². The van der Waals surface area contributed by atoms with Crippen molar-refractivity contribution in [3.8, 4) is 0 Å². The molecule has 0 saturated heterocycles. The summed E-state index contributed by atoms with van der Waals surface area (Å²) in [7, 11) is 0. The number of hydrogen-bond acceptors (Lipinski definition) is 4. The number of aliphatic hydroxyl groups is 1. The highest BCUT2D eigenvalue weighted by Crippen LogP contribution is 2.31. The van der Waals surface area contributed by atoms with Crippen LogP contribution in [0.2, 0.25) is 0 Å². The normalized spacial score (nSPS) is 17.7. The molecule has 0 amide bonds. The molecule has 0 radical (unpaired) electrons. The van der Waals surface area contributed by atoms with Gasteiger partial charge in [0.05, 0.1) is 23.6 Å². The van der Waals surface area contributed by atoms with Gasteiger partial charge in [0.2, 0.25) is 0 Å². The van der Waals surface area contributed by atoms with E-state index in [9.17, 15) is 19.6 Å². The van der Waals surface area contributed by atoms with Crippen LogP contribution in [0.4, 0.5) is 10.1 Å². The van der Waals surface area contributed by atoms with Crippen LogP contribution in [0.1, 0.15) is 22.7 Å². The molecule has 1 aliphatic rings. The zero-order valence-corrected chi connectivity index (χ0v) is 12.5. The van der Waals surface area contributed by atoms with Gasteiger partial charge in [0.1, 0.15) is 5.82 Å². The first-order valence-corrected chi connectivity index (χ1v) is 7.45. The van der Waals surface area contributed by atoms with Crippen molar-refractivity contribution in [2.24, 2.45) is 0 Å². The summed E-state index contributed by atoms with van der Waals surface area (Å²) >= 11 is 0. The van der Waals surface area contributed by atoms with Crippen LogP contribution in [0.25, 0.3) is 0 Å². The molecule has 120 valence electrons. The summed E-state index contributed by atoms with van der Waals surface area (Å²) in [6.45, 7) is 0.966. The van der Waals surface area contributed by atoms with Crippen molar-refractivity contribution in [3.63, 3.8) is 0 Å². The van der Waals surface area contributed by atoms with E-state index in [1.54, 1.807) is 0 Å². The Kier molecular flexibility index (Phi) is 4.36. The molecule has 1 heterocycles. The van der Waals surface area contributed by atoms with Crippen LogP contribution in [0.3, 0.4) is 0 Å². The second-order valence-electron chi connectivity index (χ2n) is 5.65. The van der Waals surface area contributed by atoms with Crippen molar-refractivity contribution < 1.29 is 14.4 Å². The maximum Gasteiger partial charge on any atom is 0.272 e. The molecule has 0 saturated carbocycles. The van der Waals surface area contributed by atoms with Crippen molar-refractivity contribution in [2.45, 2.75) is 19.0 Å². The quantitative estimate of drug-likeness (QED) is 0.696. The largest absolute Gasteiger partial charge is 0.394 e. The lowest BCUT2D eigenvalue weighted by atomic mass is 9.92. The lowest BCUT2D eigenvalue weighted by Gasteiger charge is -2.36. The Bertz CT molecular complexity index is 736. The standard InChI is InChI=1S/C17H17FN2O3/c18-16-9-14(20(22)23)6-5-13(16)10-19-8-7-12-3-1-2-4-15(12)17(19)11-21/h1-6,9,17,21H,7-8,10-11H2. The average molecular weight is 316 g/mol. The van der Waals surface area contributed by atoms with Crippen LogP contribution >= 0.6 is 0 Å². The lowest BCUT2D eigenvalue weighted by Crippen LogP contribution is -2.37. The number of benzene rings is 2. The Labute approximate surface area is 133 Å². The molecule has 0 bridgehead atoms. The smallest absolute Gasteiger partial charge is 0.272 e. The third kappa shape index (κ3) is 3.09. The maximum atomic E-state index is 14.1. The van der Waals surface area contributed by atoms with E-state index in [2.05, 4.69) is 0 Å². The minimum Gasteiger partial charge on any atom is -0.394 e. The highest BCUT2D eigenvalue weighted by molar-refractivity contribution is 5.36. The van der Waals surface area contributed by atoms with Crippen molar-refractivity contribution in [1.29, 1.82) is 0 Å². The number of rotatable bonds is 4. The molecule has 2 aromatic carbocycles. The molecule has 23 heavy (non-hydrogen) atoms. The molecular weight excluding hydrogens is 299 g/mol. The number of nitro groups is 1. The second-order valence-corrected chi connectivity index (χ2v) is 5.65. The Balaban J connectivity index is 1.84. The van der Waals surface area contributed by atoms with Gasteiger partial charge in [0, 0.05) is 24.7 Å². The predicted molar refractivity (Wildman–Crippen MR) is 83.4 cm³/mol. The molecule has 6 heteroatoms. The number of fused-ring (bicyclic) bond motifs is 1. The molecule has 2 aromatic rings. The fraction of sp³-hybridized carbons (Fsp3) is 0.294. The van der Waals surface area contributed by atoms with Crippen molar-refractivity contribution in [3.05, 3.63) is 75.1 Å². The van der Waals surface area contributed by atoms with E-state index < -0.39 is 10.7 Å². The van der Waals surface area contributed by atoms with E-state index in [1.165, 1.54) is 17.7 Å². The number of nitro benzene ring substituents is 1. The molecular formula is C17H17FN2O3. The molecule has 1 N–H and O–H groups in total. The average Bonchev–Trinajstić information content (AvgIpc) is 2.56. The summed E-state index contributed by atoms with van der Waals surface area (Å²) in [5, 5.41) is 20.4. The fourth-order valence-corrected chi connectivity index (χ4v) is 3.10. The molecule has 1 atom stereocenters. The van der Waals surface area contributed by atoms with Crippen LogP contribution in [0.15, 0.2) is 42.5 Å². The molecule has 0 aliphatic carbocycles. The highest BCUT2D eigenvalue weighted by Gasteiger charge is 2.27. The number of non-ortho nitro benzene ring substituents is 1. The summed E-state index contributed by atoms with van der Waals surface area (Å²) < 4.78 is 14.1. The van der Waals surface area contributed by atoms with Gasteiger partial charge in [-0.25, -0.2) is 4.39 Å². The summed E-state index contributed by atoms with van der Waals surface area (Å²) in [5.74, 6) is -0.588. The first kappa shape index (κ1) is 15.6. The van der Waals surface area contributed by atoms with E-state index >= 15 is 0 Å². The monoisotopic (exact) mass is 316 g/mol. The molecule has 5 nitrogen and oxygen atoms in total. The molecule has 3 rings (SSSR count). The van der Waals surface area contributed by atoms with Gasteiger partial charge in [-0.15, -0.1) is 0 Å². The zero-order valence-electron chi connectivity index (χ0n) is 12.5. The molecule has 0 aromatic heterocycles. The van der Waals surface area contributed by atoms with Crippen molar-refractivity contribution in [1.82, 2.24) is 4.90 Å². The van der Waals surface area contributed by atoms with Crippen LogP contribution in [-0.2, 0) is 13.0 Å². The lowest BCUT2D eigenvalue weighted by molar-refractivity contribution is -0.385. The summed E-state index contributed by atoms with van der Waals surface area (Å²) in [6.07, 6.45) is 0.835. The maximum absolute atomic E-state index is 14.1. The van der Waals surface area contributed by atoms with Crippen molar-refractivity contribution in [2.75, 3.05) is 13.2 Å². The highest BCUT2D eigenvalue weighted by atomic mass is 19.1. The van der Waals surface area contributed by atoms with Crippen LogP contribution in [-0.4, -0.2) is 28.1 Å². The van der Waals surface area contributed by atoms with E-state index in [0.717, 1.165) is 18.1 Å². The van der Waals surface area contributed by atoms with E-state index in [1.807, 2.05) is 29.2 Å². The van der Waals surface area contributed by atoms with Gasteiger partial charge in [-0.3, -0.25) is 15.0 Å². The third-order valence-corrected chi connectivity index (χ3v) is 4.32. The van der Waals surface area contributed by atoms with E-state index in [4.69, 9.17) is 0 Å². The Morgan fingerprint density at radius 1 is 1.30 bits per heavy atom. The number of aliphatic hydroxyl groups excluding tert-OH is 1. The first-order chi connectivity index (χ1) is 11.1. The van der Waals surface area contributed by atoms with E-state index in [0.29, 0.717) is 18.7 Å². The predicted octanol–water partition coefficient (Wildman–Crippen LogP) is 2.83. The summed E-state index contributed by atoms with van der Waals surface area (Å²) in [4.78, 5) is 12.1. The van der Waals surface area contributed by atoms with Gasteiger partial charge in [-0.05, 0) is 23.6 Å². The molecule has 1 unspecified atom stereocenters. The first-order valence-electron chi connectivity index (χ1n) is 7.45. The fourth-order valence-electron chi connectivity index (χ4n) is 3.10. The SMILES string of the molecule is O=[N+]([O-])c1ccc(CN2CCc3ccccc3C2CO)c(F)c1.